The van der Waals surface area contributed by atoms with Crippen molar-refractivity contribution in [2.75, 3.05) is 13.2 Å². The smallest absolute Gasteiger partial charge is 0.0452 e. The van der Waals surface area contributed by atoms with Crippen LogP contribution in [0.5, 0.6) is 0 Å². The zero-order valence-corrected chi connectivity index (χ0v) is 4.52. The van der Waals surface area contributed by atoms with Crippen molar-refractivity contribution in [3.63, 3.8) is 0 Å². The number of hydrogen-bond acceptors (Lipinski definition) is 2. The van der Waals surface area contributed by atoms with Crippen molar-refractivity contribution in [1.82, 2.24) is 0 Å². The van der Waals surface area contributed by atoms with Crippen molar-refractivity contribution >= 4 is 13.5 Å². The van der Waals surface area contributed by atoms with E-state index in [0.29, 0.717) is 6.42 Å². The Labute approximate surface area is 44.3 Å². The van der Waals surface area contributed by atoms with Crippen molar-refractivity contribution in [2.24, 2.45) is 0 Å². The van der Waals surface area contributed by atoms with Gasteiger partial charge in [0.05, 0.1) is 0 Å². The fourth-order valence-corrected chi connectivity index (χ4v) is 0.0707. The first kappa shape index (κ1) is 9.55. The summed E-state index contributed by atoms with van der Waals surface area (Å²) in [5, 5.41) is 15.8. The summed E-state index contributed by atoms with van der Waals surface area (Å²) >= 11 is 0. The number of aliphatic hydroxyl groups is 2. The average Bonchev–Trinajstić information content (AvgIpc) is 1.41. The molecule has 0 radical (unpaired) electrons. The van der Waals surface area contributed by atoms with E-state index in [4.69, 9.17) is 10.2 Å². The predicted molar refractivity (Wildman–Crippen MR) is 29.2 cm³/mol. The highest BCUT2D eigenvalue weighted by atomic mass is 32.1. The molecule has 6 heavy (non-hydrogen) atoms. The van der Waals surface area contributed by atoms with Gasteiger partial charge in [0.25, 0.3) is 0 Å². The SMILES string of the molecule is OCCCO.S. The summed E-state index contributed by atoms with van der Waals surface area (Å²) in [6.45, 7) is 0.188. The fraction of sp³-hybridized carbons (Fsp3) is 1.00. The quantitative estimate of drug-likeness (QED) is 0.502. The van der Waals surface area contributed by atoms with Crippen LogP contribution in [0.4, 0.5) is 0 Å². The van der Waals surface area contributed by atoms with Gasteiger partial charge in [-0.05, 0) is 6.42 Å². The third-order valence-electron chi connectivity index (χ3n) is 0.316. The highest BCUT2D eigenvalue weighted by Gasteiger charge is 1.70. The molecule has 0 aromatic heterocycles. The Bertz CT molecular complexity index is 16.3. The molecule has 0 aliphatic heterocycles. The van der Waals surface area contributed by atoms with Gasteiger partial charge in [-0.15, -0.1) is 0 Å². The van der Waals surface area contributed by atoms with E-state index in [2.05, 4.69) is 0 Å². The largest absolute Gasteiger partial charge is 0.396 e. The van der Waals surface area contributed by atoms with Crippen LogP contribution in [-0.2, 0) is 0 Å². The fourth-order valence-electron chi connectivity index (χ4n) is 0.0707. The second-order valence-electron chi connectivity index (χ2n) is 0.801. The zero-order chi connectivity index (χ0) is 4.12. The molecule has 0 amide bonds. The third-order valence-corrected chi connectivity index (χ3v) is 0.316. The summed E-state index contributed by atoms with van der Waals surface area (Å²) in [5.74, 6) is 0. The van der Waals surface area contributed by atoms with Gasteiger partial charge in [0.15, 0.2) is 0 Å². The van der Waals surface area contributed by atoms with Gasteiger partial charge in [-0.2, -0.15) is 13.5 Å². The minimum atomic E-state index is 0. The monoisotopic (exact) mass is 110 g/mol. The van der Waals surface area contributed by atoms with Crippen LogP contribution in [0.15, 0.2) is 0 Å². The van der Waals surface area contributed by atoms with Crippen LogP contribution in [0.25, 0.3) is 0 Å². The van der Waals surface area contributed by atoms with E-state index in [1.807, 2.05) is 0 Å². The van der Waals surface area contributed by atoms with Gasteiger partial charge in [-0.3, -0.25) is 0 Å². The van der Waals surface area contributed by atoms with Crippen molar-refractivity contribution in [1.29, 1.82) is 0 Å². The summed E-state index contributed by atoms with van der Waals surface area (Å²) in [5.41, 5.74) is 0. The van der Waals surface area contributed by atoms with Crippen LogP contribution in [-0.4, -0.2) is 23.4 Å². The van der Waals surface area contributed by atoms with Crippen LogP contribution < -0.4 is 0 Å². The van der Waals surface area contributed by atoms with Gasteiger partial charge in [0.1, 0.15) is 0 Å². The maximum absolute atomic E-state index is 7.91. The average molecular weight is 110 g/mol. The van der Waals surface area contributed by atoms with Crippen LogP contribution >= 0.6 is 13.5 Å². The molecule has 0 spiro atoms. The molecule has 0 bridgehead atoms. The Morgan fingerprint density at radius 2 is 1.33 bits per heavy atom. The third kappa shape index (κ3) is 8.86. The van der Waals surface area contributed by atoms with Crippen LogP contribution in [0, 0.1) is 0 Å². The lowest BCUT2D eigenvalue weighted by molar-refractivity contribution is 0.221. The predicted octanol–water partition coefficient (Wildman–Crippen LogP) is -0.526. The summed E-state index contributed by atoms with van der Waals surface area (Å²) in [4.78, 5) is 0. The first-order valence-corrected chi connectivity index (χ1v) is 1.63. The molecule has 0 aliphatic carbocycles. The molecule has 0 rings (SSSR count). The van der Waals surface area contributed by atoms with E-state index >= 15 is 0 Å². The zero-order valence-electron chi connectivity index (χ0n) is 3.52. The molecule has 0 aromatic rings. The Morgan fingerprint density at radius 1 is 1.00 bits per heavy atom. The Morgan fingerprint density at radius 3 is 1.33 bits per heavy atom. The van der Waals surface area contributed by atoms with E-state index in [0.717, 1.165) is 0 Å². The topological polar surface area (TPSA) is 40.5 Å². The maximum atomic E-state index is 7.91. The number of hydrogen-bond donors (Lipinski definition) is 2. The molecule has 2 N–H and O–H groups in total. The molecule has 40 valence electrons. The van der Waals surface area contributed by atoms with Crippen molar-refractivity contribution < 1.29 is 10.2 Å². The highest BCUT2D eigenvalue weighted by molar-refractivity contribution is 7.59. The lowest BCUT2D eigenvalue weighted by atomic mass is 10.5. The molecule has 2 nitrogen and oxygen atoms in total. The van der Waals surface area contributed by atoms with E-state index < -0.39 is 0 Å². The standard InChI is InChI=1S/C3H8O2.H2S/c4-2-1-3-5;/h4-5H,1-3H2;1H2. The highest BCUT2D eigenvalue weighted by Crippen LogP contribution is 1.65. The summed E-state index contributed by atoms with van der Waals surface area (Å²) in [6, 6.07) is 0. The molecule has 3 heteroatoms. The molecule has 0 saturated heterocycles. The van der Waals surface area contributed by atoms with Gasteiger partial charge >= 0.3 is 0 Å². The van der Waals surface area contributed by atoms with Crippen LogP contribution in [0.3, 0.4) is 0 Å². The molecule has 0 unspecified atom stereocenters. The van der Waals surface area contributed by atoms with Gasteiger partial charge in [0, 0.05) is 13.2 Å². The summed E-state index contributed by atoms with van der Waals surface area (Å²) < 4.78 is 0. The van der Waals surface area contributed by atoms with Crippen molar-refractivity contribution in [3.8, 4) is 0 Å². The first-order chi connectivity index (χ1) is 2.41. The van der Waals surface area contributed by atoms with E-state index in [-0.39, 0.29) is 26.7 Å². The normalized spacial score (nSPS) is 7.00. The van der Waals surface area contributed by atoms with E-state index in [9.17, 15) is 0 Å². The molecule has 0 heterocycles. The minimum absolute atomic E-state index is 0. The lowest BCUT2D eigenvalue weighted by Gasteiger charge is -1.79. The number of aliphatic hydroxyl groups excluding tert-OH is 2. The molecule has 0 fully saturated rings. The van der Waals surface area contributed by atoms with Crippen LogP contribution in [0.1, 0.15) is 6.42 Å². The first-order valence-electron chi connectivity index (χ1n) is 1.63. The number of rotatable bonds is 2. The molecule has 0 atom stereocenters. The summed E-state index contributed by atoms with van der Waals surface area (Å²) in [7, 11) is 0. The van der Waals surface area contributed by atoms with Crippen molar-refractivity contribution in [2.45, 2.75) is 6.42 Å². The van der Waals surface area contributed by atoms with E-state index in [1.165, 1.54) is 0 Å². The Hall–Kier alpha value is 0.270. The minimum Gasteiger partial charge on any atom is -0.396 e. The van der Waals surface area contributed by atoms with Gasteiger partial charge in [-0.25, -0.2) is 0 Å². The van der Waals surface area contributed by atoms with Gasteiger partial charge in [0.2, 0.25) is 0 Å². The molecular weight excluding hydrogens is 100 g/mol. The maximum Gasteiger partial charge on any atom is 0.0452 e. The molecule has 0 aromatic carbocycles. The molecule has 0 saturated carbocycles. The summed E-state index contributed by atoms with van der Waals surface area (Å²) in [6.07, 6.45) is 0.500. The van der Waals surface area contributed by atoms with Crippen LogP contribution in [0.2, 0.25) is 0 Å². The second kappa shape index (κ2) is 8.99. The van der Waals surface area contributed by atoms with Gasteiger partial charge < -0.3 is 10.2 Å². The lowest BCUT2D eigenvalue weighted by Crippen LogP contribution is -1.85. The molecule has 0 aliphatic rings. The Kier molecular flexibility index (Phi) is 14.3. The van der Waals surface area contributed by atoms with Gasteiger partial charge in [-0.1, -0.05) is 0 Å². The molecular formula is C3H10O2S. The Balaban J connectivity index is 0. The van der Waals surface area contributed by atoms with E-state index in [1.54, 1.807) is 0 Å². The second-order valence-corrected chi connectivity index (χ2v) is 0.801. The van der Waals surface area contributed by atoms with Crippen molar-refractivity contribution in [3.05, 3.63) is 0 Å².